The summed E-state index contributed by atoms with van der Waals surface area (Å²) in [6.07, 6.45) is 1.63. The van der Waals surface area contributed by atoms with Crippen LogP contribution in [0.5, 0.6) is 5.75 Å². The highest BCUT2D eigenvalue weighted by molar-refractivity contribution is 7.92. The molecule has 0 aliphatic carbocycles. The third-order valence-corrected chi connectivity index (χ3v) is 11.0. The molecule has 10 nitrogen and oxygen atoms in total. The molecule has 0 atom stereocenters. The quantitative estimate of drug-likeness (QED) is 0.137. The molecule has 15 heteroatoms. The number of aromatic nitrogens is 3. The number of hydrogen-bond donors (Lipinski definition) is 2. The number of thiazole rings is 1. The third-order valence-electron chi connectivity index (χ3n) is 8.17. The van der Waals surface area contributed by atoms with E-state index in [0.29, 0.717) is 40.9 Å². The first kappa shape index (κ1) is 35.1. The number of piperazine rings is 1. The number of hydrogen-bond acceptors (Lipinski definition) is 10. The number of anilines is 4. The predicted octanol–water partition coefficient (Wildman–Crippen LogP) is 7.31. The lowest BCUT2D eigenvalue weighted by atomic mass is 10.1. The molecule has 0 unspecified atom stereocenters. The van der Waals surface area contributed by atoms with E-state index in [9.17, 15) is 21.6 Å². The second kappa shape index (κ2) is 15.0. The van der Waals surface area contributed by atoms with Crippen molar-refractivity contribution in [1.82, 2.24) is 19.9 Å². The molecule has 1 saturated heterocycles. The van der Waals surface area contributed by atoms with E-state index in [-0.39, 0.29) is 18.3 Å². The highest BCUT2D eigenvalue weighted by atomic mass is 32.2. The van der Waals surface area contributed by atoms with Gasteiger partial charge in [0, 0.05) is 67.8 Å². The van der Waals surface area contributed by atoms with Crippen LogP contribution in [0.25, 0.3) is 21.8 Å². The van der Waals surface area contributed by atoms with E-state index in [2.05, 4.69) is 24.8 Å². The summed E-state index contributed by atoms with van der Waals surface area (Å²) in [5.74, 6) is -1.36. The summed E-state index contributed by atoms with van der Waals surface area (Å²) in [7, 11) is -2.98. The molecular formula is C35H36F3N7O3S2. The SMILES string of the molecule is COc1cc(N2CCN(CCF)CC2)ccc1Nc1nccc(-c2sc(C(C)C)nc2-c2cccc(NS(=O)(=O)c3c(F)cccc3F)c2)n1. The molecule has 0 amide bonds. The second-order valence-corrected chi connectivity index (χ2v) is 14.6. The van der Waals surface area contributed by atoms with Crippen LogP contribution in [0.3, 0.4) is 0 Å². The van der Waals surface area contributed by atoms with E-state index in [4.69, 9.17) is 14.7 Å². The standard InChI is InChI=1S/C35H36F3N7O3S2/c1-22(2)34-42-31(23-6-4-7-24(20-23)43-50(46,47)33-26(37)8-5-9-27(33)38)32(49-34)29-12-14-39-35(41-29)40-28-11-10-25(21-30(28)48-3)45-18-16-44(15-13-36)17-19-45/h4-12,14,20-22,43H,13,15-19H2,1-3H3,(H,39,40,41). The summed E-state index contributed by atoms with van der Waals surface area (Å²) in [5, 5.41) is 4.10. The Bertz CT molecular complexity index is 2070. The minimum atomic E-state index is -4.57. The van der Waals surface area contributed by atoms with Crippen molar-refractivity contribution >= 4 is 44.4 Å². The fourth-order valence-electron chi connectivity index (χ4n) is 5.62. The van der Waals surface area contributed by atoms with Gasteiger partial charge in [0.05, 0.1) is 34.1 Å². The Labute approximate surface area is 293 Å². The Hall–Kier alpha value is -4.73. The Morgan fingerprint density at radius 2 is 1.70 bits per heavy atom. The van der Waals surface area contributed by atoms with Crippen molar-refractivity contribution in [2.75, 3.05) is 61.4 Å². The maximum Gasteiger partial charge on any atom is 0.267 e. The lowest BCUT2D eigenvalue weighted by molar-refractivity contribution is 0.235. The maximum atomic E-state index is 14.3. The molecule has 2 N–H and O–H groups in total. The molecule has 0 bridgehead atoms. The van der Waals surface area contributed by atoms with Gasteiger partial charge in [-0.15, -0.1) is 11.3 Å². The van der Waals surface area contributed by atoms with Crippen LogP contribution in [0.4, 0.5) is 36.2 Å². The highest BCUT2D eigenvalue weighted by Crippen LogP contribution is 2.40. The summed E-state index contributed by atoms with van der Waals surface area (Å²) in [6.45, 7) is 7.30. The van der Waals surface area contributed by atoms with Gasteiger partial charge in [-0.05, 0) is 42.5 Å². The zero-order valence-corrected chi connectivity index (χ0v) is 29.3. The summed E-state index contributed by atoms with van der Waals surface area (Å²) in [4.78, 5) is 18.2. The first-order valence-electron chi connectivity index (χ1n) is 16.0. The molecule has 50 heavy (non-hydrogen) atoms. The zero-order valence-electron chi connectivity index (χ0n) is 27.7. The Morgan fingerprint density at radius 3 is 2.40 bits per heavy atom. The Kier molecular flexibility index (Phi) is 10.6. The number of ether oxygens (including phenoxy) is 1. The zero-order chi connectivity index (χ0) is 35.4. The molecule has 0 radical (unpaired) electrons. The van der Waals surface area contributed by atoms with Gasteiger partial charge < -0.3 is 15.0 Å². The molecule has 5 aromatic rings. The minimum absolute atomic E-state index is 0.0899. The van der Waals surface area contributed by atoms with Gasteiger partial charge in [0.15, 0.2) is 4.90 Å². The van der Waals surface area contributed by atoms with Crippen molar-refractivity contribution in [3.63, 3.8) is 0 Å². The molecule has 1 fully saturated rings. The van der Waals surface area contributed by atoms with Gasteiger partial charge in [0.2, 0.25) is 5.95 Å². The maximum absolute atomic E-state index is 14.3. The largest absolute Gasteiger partial charge is 0.494 e. The first-order valence-corrected chi connectivity index (χ1v) is 18.3. The van der Waals surface area contributed by atoms with Gasteiger partial charge in [0.25, 0.3) is 10.0 Å². The molecule has 0 spiro atoms. The third kappa shape index (κ3) is 7.69. The first-order chi connectivity index (χ1) is 24.1. The van der Waals surface area contributed by atoms with Gasteiger partial charge in [-0.1, -0.05) is 32.0 Å². The van der Waals surface area contributed by atoms with Crippen LogP contribution >= 0.6 is 11.3 Å². The van der Waals surface area contributed by atoms with E-state index < -0.39 is 26.6 Å². The lowest BCUT2D eigenvalue weighted by Gasteiger charge is -2.35. The topological polar surface area (TPSA) is 113 Å². The number of rotatable bonds is 12. The summed E-state index contributed by atoms with van der Waals surface area (Å²) in [6, 6.07) is 17.0. The molecule has 1 aliphatic rings. The molecule has 2 aromatic heterocycles. The van der Waals surface area contributed by atoms with Crippen LogP contribution in [0.1, 0.15) is 24.8 Å². The number of halogens is 3. The number of methoxy groups -OCH3 is 1. The van der Waals surface area contributed by atoms with E-state index in [0.717, 1.165) is 60.0 Å². The van der Waals surface area contributed by atoms with Gasteiger partial charge in [-0.3, -0.25) is 9.62 Å². The summed E-state index contributed by atoms with van der Waals surface area (Å²) >= 11 is 1.46. The van der Waals surface area contributed by atoms with Crippen LogP contribution in [0.15, 0.2) is 77.8 Å². The number of nitrogens with one attached hydrogen (secondary N) is 2. The van der Waals surface area contributed by atoms with Crippen molar-refractivity contribution < 1.29 is 26.3 Å². The van der Waals surface area contributed by atoms with E-state index in [1.165, 1.54) is 17.4 Å². The van der Waals surface area contributed by atoms with Crippen LogP contribution in [0, 0.1) is 11.6 Å². The molecule has 3 heterocycles. The van der Waals surface area contributed by atoms with Crippen molar-refractivity contribution in [2.24, 2.45) is 0 Å². The van der Waals surface area contributed by atoms with Gasteiger partial charge in [-0.25, -0.2) is 36.5 Å². The fraction of sp³-hybridized carbons (Fsp3) is 0.286. The average Bonchev–Trinajstić information content (AvgIpc) is 3.55. The van der Waals surface area contributed by atoms with Crippen LogP contribution in [0.2, 0.25) is 0 Å². The van der Waals surface area contributed by atoms with Crippen molar-refractivity contribution in [2.45, 2.75) is 24.7 Å². The van der Waals surface area contributed by atoms with Gasteiger partial charge >= 0.3 is 0 Å². The van der Waals surface area contributed by atoms with Crippen LogP contribution < -0.4 is 19.7 Å². The minimum Gasteiger partial charge on any atom is -0.494 e. The lowest BCUT2D eigenvalue weighted by Crippen LogP contribution is -2.47. The van der Waals surface area contributed by atoms with Crippen LogP contribution in [-0.4, -0.2) is 74.8 Å². The van der Waals surface area contributed by atoms with Crippen molar-refractivity contribution in [3.05, 3.63) is 89.6 Å². The summed E-state index contributed by atoms with van der Waals surface area (Å²) < 4.78 is 75.5. The molecular weight excluding hydrogens is 688 g/mol. The van der Waals surface area contributed by atoms with Gasteiger partial charge in [-0.2, -0.15) is 0 Å². The molecule has 6 rings (SSSR count). The van der Waals surface area contributed by atoms with Gasteiger partial charge in [0.1, 0.15) is 24.1 Å². The van der Waals surface area contributed by atoms with E-state index in [1.54, 1.807) is 37.6 Å². The summed E-state index contributed by atoms with van der Waals surface area (Å²) in [5.41, 5.74) is 3.51. The van der Waals surface area contributed by atoms with Crippen molar-refractivity contribution in [1.29, 1.82) is 0 Å². The number of alkyl halides is 1. The van der Waals surface area contributed by atoms with Crippen molar-refractivity contribution in [3.8, 4) is 27.6 Å². The smallest absolute Gasteiger partial charge is 0.267 e. The molecule has 0 saturated carbocycles. The highest BCUT2D eigenvalue weighted by Gasteiger charge is 2.25. The normalized spacial score (nSPS) is 13.9. The van der Waals surface area contributed by atoms with E-state index >= 15 is 0 Å². The number of nitrogens with zero attached hydrogens (tertiary/aromatic N) is 5. The molecule has 1 aliphatic heterocycles. The Morgan fingerprint density at radius 1 is 0.960 bits per heavy atom. The van der Waals surface area contributed by atoms with Crippen LogP contribution in [-0.2, 0) is 10.0 Å². The Balaban J connectivity index is 1.27. The number of benzene rings is 3. The number of sulfonamides is 1. The molecule has 3 aromatic carbocycles. The second-order valence-electron chi connectivity index (χ2n) is 11.9. The predicted molar refractivity (Wildman–Crippen MR) is 191 cm³/mol. The fourth-order valence-corrected chi connectivity index (χ4v) is 7.87. The molecule has 262 valence electrons. The monoisotopic (exact) mass is 723 g/mol. The average molecular weight is 724 g/mol. The van der Waals surface area contributed by atoms with E-state index in [1.807, 2.05) is 32.0 Å².